The standard InChI is InChI=1S/C15H22ClNO3S/c1-4-6-7-11(3)17-15(18)13-9-8-12(5-2)14(10-13)21(16,19)20/h8-11H,4-7H2,1-3H3,(H,17,18). The second-order valence-electron chi connectivity index (χ2n) is 5.13. The maximum atomic E-state index is 12.1. The molecule has 1 aromatic rings. The first-order chi connectivity index (χ1) is 9.79. The largest absolute Gasteiger partial charge is 0.350 e. The molecule has 0 aliphatic heterocycles. The third-order valence-electron chi connectivity index (χ3n) is 3.34. The van der Waals surface area contributed by atoms with Gasteiger partial charge >= 0.3 is 0 Å². The zero-order chi connectivity index (χ0) is 16.0. The molecule has 0 saturated heterocycles. The smallest absolute Gasteiger partial charge is 0.261 e. The molecule has 0 aromatic heterocycles. The van der Waals surface area contributed by atoms with Gasteiger partial charge in [-0.1, -0.05) is 32.8 Å². The lowest BCUT2D eigenvalue weighted by Gasteiger charge is -2.14. The first-order valence-electron chi connectivity index (χ1n) is 7.18. The molecule has 0 fully saturated rings. The lowest BCUT2D eigenvalue weighted by atomic mass is 10.1. The molecule has 6 heteroatoms. The maximum absolute atomic E-state index is 12.1. The van der Waals surface area contributed by atoms with Gasteiger partial charge in [0.15, 0.2) is 0 Å². The van der Waals surface area contributed by atoms with Gasteiger partial charge in [-0.25, -0.2) is 8.42 Å². The molecule has 0 saturated carbocycles. The molecule has 0 heterocycles. The summed E-state index contributed by atoms with van der Waals surface area (Å²) in [5.74, 6) is -0.275. The van der Waals surface area contributed by atoms with E-state index >= 15 is 0 Å². The molecule has 1 rings (SSSR count). The van der Waals surface area contributed by atoms with E-state index < -0.39 is 9.05 Å². The Morgan fingerprint density at radius 3 is 2.52 bits per heavy atom. The van der Waals surface area contributed by atoms with Crippen molar-refractivity contribution in [2.24, 2.45) is 0 Å². The van der Waals surface area contributed by atoms with E-state index in [1.54, 1.807) is 12.1 Å². The van der Waals surface area contributed by atoms with E-state index in [4.69, 9.17) is 10.7 Å². The topological polar surface area (TPSA) is 63.2 Å². The highest BCUT2D eigenvalue weighted by atomic mass is 35.7. The van der Waals surface area contributed by atoms with Crippen LogP contribution in [-0.2, 0) is 15.5 Å². The molecule has 1 N–H and O–H groups in total. The molecule has 0 bridgehead atoms. The third-order valence-corrected chi connectivity index (χ3v) is 4.75. The molecule has 118 valence electrons. The van der Waals surface area contributed by atoms with Gasteiger partial charge in [-0.15, -0.1) is 0 Å². The Bertz CT molecular complexity index is 599. The van der Waals surface area contributed by atoms with Crippen LogP contribution in [0.25, 0.3) is 0 Å². The second kappa shape index (κ2) is 7.80. The minimum Gasteiger partial charge on any atom is -0.350 e. The molecule has 1 amide bonds. The lowest BCUT2D eigenvalue weighted by Crippen LogP contribution is -2.32. The van der Waals surface area contributed by atoms with E-state index in [1.807, 2.05) is 13.8 Å². The van der Waals surface area contributed by atoms with Gasteiger partial charge in [-0.3, -0.25) is 4.79 Å². The second-order valence-corrected chi connectivity index (χ2v) is 7.67. The van der Waals surface area contributed by atoms with Crippen LogP contribution < -0.4 is 5.32 Å². The molecule has 0 radical (unpaired) electrons. The van der Waals surface area contributed by atoms with Gasteiger partial charge in [0.1, 0.15) is 0 Å². The number of nitrogens with one attached hydrogen (secondary N) is 1. The molecule has 0 aliphatic rings. The summed E-state index contributed by atoms with van der Waals surface area (Å²) in [7, 11) is 1.58. The maximum Gasteiger partial charge on any atom is 0.261 e. The van der Waals surface area contributed by atoms with Crippen molar-refractivity contribution in [1.82, 2.24) is 5.32 Å². The van der Waals surface area contributed by atoms with Crippen LogP contribution in [0, 0.1) is 0 Å². The SMILES string of the molecule is CCCCC(C)NC(=O)c1ccc(CC)c(S(=O)(=O)Cl)c1. The minimum absolute atomic E-state index is 0.0144. The third kappa shape index (κ3) is 5.32. The number of carbonyl (C=O) groups excluding carboxylic acids is 1. The molecule has 1 atom stereocenters. The van der Waals surface area contributed by atoms with Crippen LogP contribution in [0.1, 0.15) is 56.0 Å². The van der Waals surface area contributed by atoms with Crippen LogP contribution in [0.2, 0.25) is 0 Å². The summed E-state index contributed by atoms with van der Waals surface area (Å²) in [6.07, 6.45) is 3.55. The number of unbranched alkanes of at least 4 members (excludes halogenated alkanes) is 1. The molecule has 1 aromatic carbocycles. The Labute approximate surface area is 131 Å². The molecule has 4 nitrogen and oxygen atoms in total. The number of carbonyl (C=O) groups is 1. The quantitative estimate of drug-likeness (QED) is 0.778. The molecule has 1 unspecified atom stereocenters. The van der Waals surface area contributed by atoms with Crippen LogP contribution in [0.4, 0.5) is 0 Å². The van der Waals surface area contributed by atoms with Crippen molar-refractivity contribution >= 4 is 25.6 Å². The van der Waals surface area contributed by atoms with Crippen molar-refractivity contribution in [1.29, 1.82) is 0 Å². The summed E-state index contributed by atoms with van der Waals surface area (Å²) in [5, 5.41) is 2.87. The Morgan fingerprint density at radius 2 is 2.00 bits per heavy atom. The number of halogens is 1. The fourth-order valence-electron chi connectivity index (χ4n) is 2.10. The fraction of sp³-hybridized carbons (Fsp3) is 0.533. The molecule has 0 spiro atoms. The normalized spacial score (nSPS) is 13.0. The van der Waals surface area contributed by atoms with E-state index in [9.17, 15) is 13.2 Å². The van der Waals surface area contributed by atoms with Crippen LogP contribution in [0.3, 0.4) is 0 Å². The summed E-state index contributed by atoms with van der Waals surface area (Å²) in [5.41, 5.74) is 0.926. The number of rotatable bonds is 7. The Morgan fingerprint density at radius 1 is 1.33 bits per heavy atom. The van der Waals surface area contributed by atoms with Crippen molar-refractivity contribution in [2.75, 3.05) is 0 Å². The zero-order valence-electron chi connectivity index (χ0n) is 12.6. The van der Waals surface area contributed by atoms with E-state index in [1.165, 1.54) is 6.07 Å². The van der Waals surface area contributed by atoms with Crippen molar-refractivity contribution < 1.29 is 13.2 Å². The summed E-state index contributed by atoms with van der Waals surface area (Å²) < 4.78 is 23.2. The number of hydrogen-bond acceptors (Lipinski definition) is 3. The van der Waals surface area contributed by atoms with Crippen LogP contribution in [-0.4, -0.2) is 20.4 Å². The van der Waals surface area contributed by atoms with Gasteiger partial charge < -0.3 is 5.32 Å². The number of aryl methyl sites for hydroxylation is 1. The highest BCUT2D eigenvalue weighted by Gasteiger charge is 2.18. The Balaban J connectivity index is 2.96. The van der Waals surface area contributed by atoms with Crippen molar-refractivity contribution in [3.05, 3.63) is 29.3 Å². The monoisotopic (exact) mass is 331 g/mol. The Hall–Kier alpha value is -1.07. The molecular formula is C15H22ClNO3S. The van der Waals surface area contributed by atoms with Crippen molar-refractivity contribution in [2.45, 2.75) is 57.4 Å². The molecule has 0 aliphatic carbocycles. The lowest BCUT2D eigenvalue weighted by molar-refractivity contribution is 0.0937. The van der Waals surface area contributed by atoms with Crippen LogP contribution in [0.15, 0.2) is 23.1 Å². The first kappa shape index (κ1) is 18.0. The van der Waals surface area contributed by atoms with E-state index in [-0.39, 0.29) is 16.8 Å². The van der Waals surface area contributed by atoms with Crippen molar-refractivity contribution in [3.63, 3.8) is 0 Å². The van der Waals surface area contributed by atoms with E-state index in [0.717, 1.165) is 19.3 Å². The van der Waals surface area contributed by atoms with Gasteiger partial charge in [0.05, 0.1) is 4.90 Å². The summed E-state index contributed by atoms with van der Waals surface area (Å²) in [6, 6.07) is 4.68. The average Bonchev–Trinajstić information content (AvgIpc) is 2.43. The van der Waals surface area contributed by atoms with Gasteiger partial charge in [0.2, 0.25) is 0 Å². The predicted molar refractivity (Wildman–Crippen MR) is 85.3 cm³/mol. The molecular weight excluding hydrogens is 310 g/mol. The zero-order valence-corrected chi connectivity index (χ0v) is 14.2. The average molecular weight is 332 g/mol. The summed E-state index contributed by atoms with van der Waals surface area (Å²) in [6.45, 7) is 5.87. The van der Waals surface area contributed by atoms with Gasteiger partial charge in [-0.2, -0.15) is 0 Å². The van der Waals surface area contributed by atoms with Gasteiger partial charge in [0.25, 0.3) is 15.0 Å². The van der Waals surface area contributed by atoms with Gasteiger partial charge in [-0.05, 0) is 37.5 Å². The first-order valence-corrected chi connectivity index (χ1v) is 9.49. The molecule has 21 heavy (non-hydrogen) atoms. The van der Waals surface area contributed by atoms with Crippen LogP contribution in [0.5, 0.6) is 0 Å². The van der Waals surface area contributed by atoms with Gasteiger partial charge in [0, 0.05) is 22.3 Å². The highest BCUT2D eigenvalue weighted by molar-refractivity contribution is 8.13. The van der Waals surface area contributed by atoms with E-state index in [2.05, 4.69) is 12.2 Å². The number of benzene rings is 1. The van der Waals surface area contributed by atoms with Crippen LogP contribution >= 0.6 is 10.7 Å². The van der Waals surface area contributed by atoms with E-state index in [0.29, 0.717) is 17.5 Å². The van der Waals surface area contributed by atoms with Crippen molar-refractivity contribution in [3.8, 4) is 0 Å². The Kier molecular flexibility index (Phi) is 6.68. The highest BCUT2D eigenvalue weighted by Crippen LogP contribution is 2.22. The fourth-order valence-corrected chi connectivity index (χ4v) is 3.33. The summed E-state index contributed by atoms with van der Waals surface area (Å²) >= 11 is 0. The number of amides is 1. The minimum atomic E-state index is -3.85. The summed E-state index contributed by atoms with van der Waals surface area (Å²) in [4.78, 5) is 12.2. The predicted octanol–water partition coefficient (Wildman–Crippen LogP) is 3.49. The number of hydrogen-bond donors (Lipinski definition) is 1.